The first kappa shape index (κ1) is 17.2. The summed E-state index contributed by atoms with van der Waals surface area (Å²) in [6.07, 6.45) is 0.306. The van der Waals surface area contributed by atoms with Gasteiger partial charge in [0.05, 0.1) is 18.6 Å². The third kappa shape index (κ3) is 3.80. The standard InChI is InChI=1S/C16H22N2O5/c1-16(2)10-23-13-8-11(15(20)17-21)4-5-12(13)9-18(16)14(19)6-7-22-3/h4-5,8,21H,6-7,9-10H2,1-3H3,(H,17,20). The Balaban J connectivity index is 2.28. The van der Waals surface area contributed by atoms with Gasteiger partial charge in [-0.3, -0.25) is 14.8 Å². The zero-order chi connectivity index (χ0) is 17.0. The molecular formula is C16H22N2O5. The molecule has 1 aliphatic heterocycles. The van der Waals surface area contributed by atoms with Crippen molar-refractivity contribution < 1.29 is 24.3 Å². The molecular weight excluding hydrogens is 300 g/mol. The van der Waals surface area contributed by atoms with Crippen molar-refractivity contribution in [3.05, 3.63) is 29.3 Å². The molecule has 0 bridgehead atoms. The maximum atomic E-state index is 12.4. The Morgan fingerprint density at radius 2 is 2.17 bits per heavy atom. The van der Waals surface area contributed by atoms with E-state index in [1.165, 1.54) is 0 Å². The average Bonchev–Trinajstić information content (AvgIpc) is 2.67. The summed E-state index contributed by atoms with van der Waals surface area (Å²) in [5.74, 6) is -0.0698. The van der Waals surface area contributed by atoms with Crippen LogP contribution in [-0.2, 0) is 16.1 Å². The number of fused-ring (bicyclic) bond motifs is 1. The van der Waals surface area contributed by atoms with Crippen LogP contribution in [0.15, 0.2) is 18.2 Å². The van der Waals surface area contributed by atoms with Crippen molar-refractivity contribution in [2.75, 3.05) is 20.3 Å². The number of carbonyl (C=O) groups is 2. The number of rotatable bonds is 4. The van der Waals surface area contributed by atoms with Crippen LogP contribution in [0.5, 0.6) is 5.75 Å². The summed E-state index contributed by atoms with van der Waals surface area (Å²) in [7, 11) is 1.56. The molecule has 0 radical (unpaired) electrons. The van der Waals surface area contributed by atoms with Crippen LogP contribution in [0.4, 0.5) is 0 Å². The molecule has 23 heavy (non-hydrogen) atoms. The highest BCUT2D eigenvalue weighted by Gasteiger charge is 2.34. The van der Waals surface area contributed by atoms with Crippen LogP contribution in [0.25, 0.3) is 0 Å². The molecule has 0 aromatic heterocycles. The van der Waals surface area contributed by atoms with Gasteiger partial charge in [-0.2, -0.15) is 0 Å². The number of hydroxylamine groups is 1. The van der Waals surface area contributed by atoms with Crippen molar-refractivity contribution in [3.8, 4) is 5.75 Å². The van der Waals surface area contributed by atoms with E-state index < -0.39 is 11.4 Å². The van der Waals surface area contributed by atoms with Crippen LogP contribution < -0.4 is 10.2 Å². The second-order valence-electron chi connectivity index (χ2n) is 6.09. The highest BCUT2D eigenvalue weighted by atomic mass is 16.5. The van der Waals surface area contributed by atoms with Gasteiger partial charge in [-0.25, -0.2) is 5.48 Å². The number of hydrogen-bond donors (Lipinski definition) is 2. The molecule has 7 heteroatoms. The van der Waals surface area contributed by atoms with E-state index in [1.807, 2.05) is 13.8 Å². The number of ether oxygens (including phenoxy) is 2. The second kappa shape index (κ2) is 6.97. The van der Waals surface area contributed by atoms with Gasteiger partial charge in [0, 0.05) is 24.8 Å². The van der Waals surface area contributed by atoms with E-state index in [9.17, 15) is 9.59 Å². The van der Waals surface area contributed by atoms with Crippen LogP contribution in [-0.4, -0.2) is 47.8 Å². The van der Waals surface area contributed by atoms with Gasteiger partial charge in [-0.1, -0.05) is 6.07 Å². The Bertz CT molecular complexity index is 600. The molecule has 1 aromatic rings. The first-order chi connectivity index (χ1) is 10.9. The monoisotopic (exact) mass is 322 g/mol. The predicted octanol–water partition coefficient (Wildman–Crippen LogP) is 1.34. The Hall–Kier alpha value is -2.12. The van der Waals surface area contributed by atoms with Gasteiger partial charge in [-0.15, -0.1) is 0 Å². The molecule has 0 spiro atoms. The topological polar surface area (TPSA) is 88.1 Å². The molecule has 0 saturated heterocycles. The highest BCUT2D eigenvalue weighted by Crippen LogP contribution is 2.31. The third-order valence-corrected chi connectivity index (χ3v) is 3.89. The maximum Gasteiger partial charge on any atom is 0.274 e. The lowest BCUT2D eigenvalue weighted by molar-refractivity contribution is -0.139. The van der Waals surface area contributed by atoms with E-state index in [0.29, 0.717) is 37.5 Å². The van der Waals surface area contributed by atoms with Crippen LogP contribution in [0, 0.1) is 0 Å². The summed E-state index contributed by atoms with van der Waals surface area (Å²) in [5, 5.41) is 8.72. The first-order valence-corrected chi connectivity index (χ1v) is 7.38. The molecule has 0 fully saturated rings. The van der Waals surface area contributed by atoms with Crippen LogP contribution >= 0.6 is 0 Å². The van der Waals surface area contributed by atoms with Gasteiger partial charge in [0.1, 0.15) is 12.4 Å². The molecule has 0 aliphatic carbocycles. The Morgan fingerprint density at radius 3 is 2.83 bits per heavy atom. The summed E-state index contributed by atoms with van der Waals surface area (Å²) in [6.45, 7) is 4.94. The third-order valence-electron chi connectivity index (χ3n) is 3.89. The molecule has 0 unspecified atom stereocenters. The minimum Gasteiger partial charge on any atom is -0.491 e. The SMILES string of the molecule is COCCC(=O)N1Cc2ccc(C(=O)NO)cc2OCC1(C)C. The van der Waals surface area contributed by atoms with Crippen molar-refractivity contribution in [1.29, 1.82) is 0 Å². The molecule has 2 amide bonds. The van der Waals surface area contributed by atoms with Crippen molar-refractivity contribution in [2.24, 2.45) is 0 Å². The second-order valence-corrected chi connectivity index (χ2v) is 6.09. The molecule has 0 saturated carbocycles. The maximum absolute atomic E-state index is 12.4. The fourth-order valence-electron chi connectivity index (χ4n) is 2.49. The van der Waals surface area contributed by atoms with E-state index in [4.69, 9.17) is 14.7 Å². The lowest BCUT2D eigenvalue weighted by atomic mass is 10.0. The van der Waals surface area contributed by atoms with Gasteiger partial charge in [-0.05, 0) is 26.0 Å². The summed E-state index contributed by atoms with van der Waals surface area (Å²) in [6, 6.07) is 4.89. The van der Waals surface area contributed by atoms with Gasteiger partial charge < -0.3 is 14.4 Å². The number of hydrogen-bond acceptors (Lipinski definition) is 5. The van der Waals surface area contributed by atoms with Crippen LogP contribution in [0.3, 0.4) is 0 Å². The van der Waals surface area contributed by atoms with E-state index in [0.717, 1.165) is 5.56 Å². The van der Waals surface area contributed by atoms with Gasteiger partial charge in [0.15, 0.2) is 0 Å². The van der Waals surface area contributed by atoms with Crippen LogP contribution in [0.2, 0.25) is 0 Å². The smallest absolute Gasteiger partial charge is 0.274 e. The zero-order valence-corrected chi connectivity index (χ0v) is 13.6. The van der Waals surface area contributed by atoms with Crippen molar-refractivity contribution >= 4 is 11.8 Å². The lowest BCUT2D eigenvalue weighted by Crippen LogP contribution is -2.49. The summed E-state index contributed by atoms with van der Waals surface area (Å²) < 4.78 is 10.8. The quantitative estimate of drug-likeness (QED) is 0.645. The number of nitrogens with zero attached hydrogens (tertiary/aromatic N) is 1. The lowest BCUT2D eigenvalue weighted by Gasteiger charge is -2.36. The Labute approximate surface area is 135 Å². The summed E-state index contributed by atoms with van der Waals surface area (Å²) >= 11 is 0. The van der Waals surface area contributed by atoms with Crippen molar-refractivity contribution in [2.45, 2.75) is 32.4 Å². The fourth-order valence-corrected chi connectivity index (χ4v) is 2.49. The van der Waals surface area contributed by atoms with E-state index in [-0.39, 0.29) is 5.91 Å². The fraction of sp³-hybridized carbons (Fsp3) is 0.500. The number of benzene rings is 1. The Kier molecular flexibility index (Phi) is 5.23. The molecule has 1 aliphatic rings. The van der Waals surface area contributed by atoms with E-state index >= 15 is 0 Å². The summed E-state index contributed by atoms with van der Waals surface area (Å²) in [5.41, 5.74) is 2.22. The minimum absolute atomic E-state index is 0.00882. The molecule has 2 N–H and O–H groups in total. The average molecular weight is 322 g/mol. The van der Waals surface area contributed by atoms with Gasteiger partial charge in [0.2, 0.25) is 5.91 Å². The molecule has 0 atom stereocenters. The molecule has 126 valence electrons. The molecule has 2 rings (SSSR count). The van der Waals surface area contributed by atoms with Gasteiger partial charge >= 0.3 is 0 Å². The van der Waals surface area contributed by atoms with E-state index in [1.54, 1.807) is 35.7 Å². The number of amides is 2. The van der Waals surface area contributed by atoms with E-state index in [2.05, 4.69) is 0 Å². The molecule has 7 nitrogen and oxygen atoms in total. The predicted molar refractivity (Wildman–Crippen MR) is 82.3 cm³/mol. The first-order valence-electron chi connectivity index (χ1n) is 7.38. The number of carbonyl (C=O) groups excluding carboxylic acids is 2. The Morgan fingerprint density at radius 1 is 1.43 bits per heavy atom. The summed E-state index contributed by atoms with van der Waals surface area (Å²) in [4.78, 5) is 25.7. The highest BCUT2D eigenvalue weighted by molar-refractivity contribution is 5.93. The van der Waals surface area contributed by atoms with Crippen LogP contribution in [0.1, 0.15) is 36.2 Å². The largest absolute Gasteiger partial charge is 0.491 e. The molecule has 1 heterocycles. The molecule has 1 aromatic carbocycles. The van der Waals surface area contributed by atoms with Crippen molar-refractivity contribution in [1.82, 2.24) is 10.4 Å². The van der Waals surface area contributed by atoms with Crippen molar-refractivity contribution in [3.63, 3.8) is 0 Å². The number of nitrogens with one attached hydrogen (secondary N) is 1. The zero-order valence-electron chi connectivity index (χ0n) is 13.6. The number of methoxy groups -OCH3 is 1. The minimum atomic E-state index is -0.604. The normalized spacial score (nSPS) is 16.1. The van der Waals surface area contributed by atoms with Gasteiger partial charge in [0.25, 0.3) is 5.91 Å².